The predicted octanol–water partition coefficient (Wildman–Crippen LogP) is 2.40. The Kier molecular flexibility index (Phi) is 2.85. The molecule has 96 valence electrons. The molecular weight excluding hydrogens is 250 g/mol. The van der Waals surface area contributed by atoms with Gasteiger partial charge in [0.2, 0.25) is 5.91 Å². The number of rotatable bonds is 1. The van der Waals surface area contributed by atoms with Crippen molar-refractivity contribution < 1.29 is 9.59 Å². The average Bonchev–Trinajstić information content (AvgIpc) is 2.47. The Morgan fingerprint density at radius 1 is 1.05 bits per heavy atom. The largest absolute Gasteiger partial charge is 0.274 e. The highest BCUT2D eigenvalue weighted by Crippen LogP contribution is 2.25. The van der Waals surface area contributed by atoms with Gasteiger partial charge < -0.3 is 0 Å². The number of terminal acetylenes is 1. The van der Waals surface area contributed by atoms with Gasteiger partial charge in [-0.2, -0.15) is 0 Å². The number of hydrogen-bond acceptors (Lipinski definition) is 2. The van der Waals surface area contributed by atoms with E-state index < -0.39 is 0 Å². The zero-order valence-electron chi connectivity index (χ0n) is 10.7. The minimum absolute atomic E-state index is 0.224. The summed E-state index contributed by atoms with van der Waals surface area (Å²) in [6.07, 6.45) is 5.58. The highest BCUT2D eigenvalue weighted by atomic mass is 16.2. The standard InChI is InChI=1S/C17H11NO2/c1-2-12-6-5-8-14(10-12)18-16(19)11-13-7-3-4-9-15(13)17(18)20/h1,3-10H,11H2. The van der Waals surface area contributed by atoms with Crippen LogP contribution in [-0.2, 0) is 11.2 Å². The first-order valence-corrected chi connectivity index (χ1v) is 6.22. The lowest BCUT2D eigenvalue weighted by Gasteiger charge is -2.26. The number of benzene rings is 2. The molecule has 0 saturated carbocycles. The van der Waals surface area contributed by atoms with Crippen molar-refractivity contribution in [2.75, 3.05) is 4.90 Å². The Labute approximate surface area is 116 Å². The average molecular weight is 261 g/mol. The molecule has 0 fully saturated rings. The summed E-state index contributed by atoms with van der Waals surface area (Å²) in [5, 5.41) is 0. The van der Waals surface area contributed by atoms with Crippen molar-refractivity contribution in [2.24, 2.45) is 0 Å². The van der Waals surface area contributed by atoms with E-state index in [0.717, 1.165) is 5.56 Å². The van der Waals surface area contributed by atoms with Crippen LogP contribution < -0.4 is 4.90 Å². The van der Waals surface area contributed by atoms with Crippen molar-refractivity contribution >= 4 is 17.5 Å². The minimum atomic E-state index is -0.300. The Bertz CT molecular complexity index is 756. The molecule has 1 heterocycles. The normalized spacial score (nSPS) is 13.8. The summed E-state index contributed by atoms with van der Waals surface area (Å²) in [4.78, 5) is 25.9. The third-order valence-corrected chi connectivity index (χ3v) is 3.31. The number of carbonyl (C=O) groups is 2. The second-order valence-corrected chi connectivity index (χ2v) is 4.56. The molecule has 0 atom stereocenters. The van der Waals surface area contributed by atoms with E-state index in [4.69, 9.17) is 6.42 Å². The third-order valence-electron chi connectivity index (χ3n) is 3.31. The smallest absolute Gasteiger partial charge is 0.265 e. The zero-order chi connectivity index (χ0) is 14.1. The molecule has 3 nitrogen and oxygen atoms in total. The molecule has 0 aliphatic carbocycles. The van der Waals surface area contributed by atoms with Crippen molar-refractivity contribution in [2.45, 2.75) is 6.42 Å². The van der Waals surface area contributed by atoms with Crippen LogP contribution in [-0.4, -0.2) is 11.8 Å². The molecule has 3 rings (SSSR count). The fourth-order valence-electron chi connectivity index (χ4n) is 2.35. The summed E-state index contributed by atoms with van der Waals surface area (Å²) >= 11 is 0. The molecule has 20 heavy (non-hydrogen) atoms. The van der Waals surface area contributed by atoms with Crippen LogP contribution in [0.25, 0.3) is 0 Å². The van der Waals surface area contributed by atoms with Crippen molar-refractivity contribution in [3.8, 4) is 12.3 Å². The maximum absolute atomic E-state index is 12.5. The molecule has 1 aliphatic heterocycles. The van der Waals surface area contributed by atoms with Crippen LogP contribution in [0.2, 0.25) is 0 Å². The van der Waals surface area contributed by atoms with E-state index in [2.05, 4.69) is 5.92 Å². The Morgan fingerprint density at radius 2 is 1.85 bits per heavy atom. The van der Waals surface area contributed by atoms with Crippen LogP contribution in [0, 0.1) is 12.3 Å². The van der Waals surface area contributed by atoms with Crippen LogP contribution in [0.1, 0.15) is 21.5 Å². The quantitative estimate of drug-likeness (QED) is 0.584. The molecule has 2 aromatic rings. The summed E-state index contributed by atoms with van der Waals surface area (Å²) < 4.78 is 0. The lowest BCUT2D eigenvalue weighted by Crippen LogP contribution is -2.42. The lowest BCUT2D eigenvalue weighted by atomic mass is 9.98. The summed E-state index contributed by atoms with van der Waals surface area (Å²) in [5.74, 6) is 1.97. The predicted molar refractivity (Wildman–Crippen MR) is 76.3 cm³/mol. The number of fused-ring (bicyclic) bond motifs is 1. The highest BCUT2D eigenvalue weighted by molar-refractivity contribution is 6.24. The van der Waals surface area contributed by atoms with E-state index in [9.17, 15) is 9.59 Å². The van der Waals surface area contributed by atoms with Gasteiger partial charge in [0.05, 0.1) is 12.1 Å². The number of hydrogen-bond donors (Lipinski definition) is 0. The van der Waals surface area contributed by atoms with E-state index in [-0.39, 0.29) is 18.2 Å². The van der Waals surface area contributed by atoms with Gasteiger partial charge in [0.25, 0.3) is 5.91 Å². The first kappa shape index (κ1) is 12.2. The van der Waals surface area contributed by atoms with Gasteiger partial charge in [0.15, 0.2) is 0 Å². The maximum atomic E-state index is 12.5. The molecule has 0 aromatic heterocycles. The van der Waals surface area contributed by atoms with Gasteiger partial charge >= 0.3 is 0 Å². The van der Waals surface area contributed by atoms with Crippen LogP contribution in [0.15, 0.2) is 48.5 Å². The van der Waals surface area contributed by atoms with Gasteiger partial charge in [-0.1, -0.05) is 30.2 Å². The molecule has 3 heteroatoms. The van der Waals surface area contributed by atoms with Gasteiger partial charge in [-0.25, -0.2) is 4.90 Å². The summed E-state index contributed by atoms with van der Waals surface area (Å²) in [7, 11) is 0. The number of imide groups is 1. The van der Waals surface area contributed by atoms with Gasteiger partial charge in [0.1, 0.15) is 0 Å². The molecule has 0 bridgehead atoms. The topological polar surface area (TPSA) is 37.4 Å². The number of amides is 2. The molecule has 0 spiro atoms. The fourth-order valence-corrected chi connectivity index (χ4v) is 2.35. The van der Waals surface area contributed by atoms with E-state index >= 15 is 0 Å². The van der Waals surface area contributed by atoms with Crippen LogP contribution in [0.3, 0.4) is 0 Å². The van der Waals surface area contributed by atoms with Crippen LogP contribution in [0.5, 0.6) is 0 Å². The highest BCUT2D eigenvalue weighted by Gasteiger charge is 2.31. The second-order valence-electron chi connectivity index (χ2n) is 4.56. The summed E-state index contributed by atoms with van der Waals surface area (Å²) in [6.45, 7) is 0. The Balaban J connectivity index is 2.09. The minimum Gasteiger partial charge on any atom is -0.274 e. The van der Waals surface area contributed by atoms with Gasteiger partial charge in [-0.3, -0.25) is 9.59 Å². The van der Waals surface area contributed by atoms with E-state index in [0.29, 0.717) is 16.8 Å². The second kappa shape index (κ2) is 4.67. The SMILES string of the molecule is C#Cc1cccc(N2C(=O)Cc3ccccc3C2=O)c1. The number of nitrogens with zero attached hydrogens (tertiary/aromatic N) is 1. The monoisotopic (exact) mass is 261 g/mol. The summed E-state index contributed by atoms with van der Waals surface area (Å²) in [5.41, 5.74) is 2.50. The number of anilines is 1. The van der Waals surface area contributed by atoms with Crippen LogP contribution in [0.4, 0.5) is 5.69 Å². The molecule has 2 aromatic carbocycles. The fraction of sp³-hybridized carbons (Fsp3) is 0.0588. The molecule has 2 amide bonds. The van der Waals surface area contributed by atoms with Crippen LogP contribution >= 0.6 is 0 Å². The molecular formula is C17H11NO2. The van der Waals surface area contributed by atoms with Crippen molar-refractivity contribution in [3.05, 3.63) is 65.2 Å². The van der Waals surface area contributed by atoms with Crippen molar-refractivity contribution in [3.63, 3.8) is 0 Å². The summed E-state index contributed by atoms with van der Waals surface area (Å²) in [6, 6.07) is 14.1. The molecule has 0 radical (unpaired) electrons. The molecule has 0 saturated heterocycles. The number of carbonyl (C=O) groups excluding carboxylic acids is 2. The Hall–Kier alpha value is -2.86. The Morgan fingerprint density at radius 3 is 2.65 bits per heavy atom. The molecule has 0 N–H and O–H groups in total. The van der Waals surface area contributed by atoms with Crippen molar-refractivity contribution in [1.29, 1.82) is 0 Å². The van der Waals surface area contributed by atoms with Gasteiger partial charge in [-0.15, -0.1) is 6.42 Å². The van der Waals surface area contributed by atoms with E-state index in [1.165, 1.54) is 4.90 Å². The van der Waals surface area contributed by atoms with Crippen molar-refractivity contribution in [1.82, 2.24) is 0 Å². The molecule has 0 unspecified atom stereocenters. The van der Waals surface area contributed by atoms with E-state index in [1.807, 2.05) is 6.07 Å². The van der Waals surface area contributed by atoms with Gasteiger partial charge in [0, 0.05) is 11.1 Å². The third kappa shape index (κ3) is 1.88. The first-order chi connectivity index (χ1) is 9.70. The zero-order valence-corrected chi connectivity index (χ0v) is 10.7. The lowest BCUT2D eigenvalue weighted by molar-refractivity contribution is -0.117. The van der Waals surface area contributed by atoms with E-state index in [1.54, 1.807) is 42.5 Å². The molecule has 1 aliphatic rings. The first-order valence-electron chi connectivity index (χ1n) is 6.22. The van der Waals surface area contributed by atoms with Gasteiger partial charge in [-0.05, 0) is 29.8 Å². The maximum Gasteiger partial charge on any atom is 0.265 e.